The van der Waals surface area contributed by atoms with Crippen LogP contribution in [0.1, 0.15) is 26.1 Å². The number of hydrogen-bond donors (Lipinski definition) is 1. The Labute approximate surface area is 142 Å². The fourth-order valence-electron chi connectivity index (χ4n) is 2.07. The summed E-state index contributed by atoms with van der Waals surface area (Å²) in [6.45, 7) is 4.80. The Morgan fingerprint density at radius 1 is 1.09 bits per heavy atom. The van der Waals surface area contributed by atoms with Gasteiger partial charge in [0.25, 0.3) is 0 Å². The van der Waals surface area contributed by atoms with Gasteiger partial charge in [-0.3, -0.25) is 0 Å². The molecule has 2 aromatic heterocycles. The van der Waals surface area contributed by atoms with Gasteiger partial charge in [-0.05, 0) is 31.5 Å². The van der Waals surface area contributed by atoms with Crippen molar-refractivity contribution in [3.63, 3.8) is 0 Å². The van der Waals surface area contributed by atoms with Gasteiger partial charge in [0.2, 0.25) is 5.13 Å². The lowest BCUT2D eigenvalue weighted by atomic mass is 10.2. The lowest BCUT2D eigenvalue weighted by Crippen LogP contribution is -1.98. The van der Waals surface area contributed by atoms with Crippen LogP contribution in [0.4, 0.5) is 5.13 Å². The first-order chi connectivity index (χ1) is 10.6. The van der Waals surface area contributed by atoms with Crippen LogP contribution in [0.5, 0.6) is 0 Å². The Bertz CT molecular complexity index is 764. The summed E-state index contributed by atoms with van der Waals surface area (Å²) in [6, 6.07) is 7.82. The topological polar surface area (TPSA) is 50.7 Å². The second-order valence-corrected chi connectivity index (χ2v) is 7.69. The van der Waals surface area contributed by atoms with Crippen molar-refractivity contribution >= 4 is 39.4 Å². The van der Waals surface area contributed by atoms with Crippen LogP contribution >= 0.6 is 34.3 Å². The minimum Gasteiger partial charge on any atom is -0.355 e. The number of nitrogens with zero attached hydrogens (tertiary/aromatic N) is 3. The predicted molar refractivity (Wildman–Crippen MR) is 93.1 cm³/mol. The number of anilines is 1. The monoisotopic (exact) mass is 350 g/mol. The van der Waals surface area contributed by atoms with Gasteiger partial charge in [-0.2, -0.15) is 0 Å². The average molecular weight is 351 g/mol. The number of nitrogens with one attached hydrogen (secondary N) is 1. The first-order valence-corrected chi connectivity index (χ1v) is 8.85. The van der Waals surface area contributed by atoms with Gasteiger partial charge in [-0.1, -0.05) is 35.1 Å². The summed E-state index contributed by atoms with van der Waals surface area (Å²) in [5.74, 6) is 0. The van der Waals surface area contributed by atoms with Gasteiger partial charge in [-0.25, -0.2) is 4.98 Å². The molecule has 22 heavy (non-hydrogen) atoms. The van der Waals surface area contributed by atoms with Crippen LogP contribution < -0.4 is 5.32 Å². The van der Waals surface area contributed by atoms with Gasteiger partial charge in [0.1, 0.15) is 5.01 Å². The van der Waals surface area contributed by atoms with Crippen molar-refractivity contribution in [3.8, 4) is 0 Å². The van der Waals surface area contributed by atoms with Crippen LogP contribution in [0.3, 0.4) is 0 Å². The van der Waals surface area contributed by atoms with E-state index in [1.807, 2.05) is 38.1 Å². The second-order valence-electron chi connectivity index (χ2n) is 4.90. The molecule has 0 radical (unpaired) electrons. The number of halogens is 1. The lowest BCUT2D eigenvalue weighted by Gasteiger charge is -1.99. The molecule has 4 nitrogen and oxygen atoms in total. The third-order valence-electron chi connectivity index (χ3n) is 3.14. The highest BCUT2D eigenvalue weighted by Gasteiger charge is 2.08. The van der Waals surface area contributed by atoms with E-state index in [4.69, 9.17) is 11.6 Å². The van der Waals surface area contributed by atoms with Crippen LogP contribution in [0, 0.1) is 13.8 Å². The van der Waals surface area contributed by atoms with Gasteiger partial charge in [0.15, 0.2) is 0 Å². The minimum atomic E-state index is 0.743. The molecule has 1 N–H and O–H groups in total. The standard InChI is InChI=1S/C15H15ClN4S2/c1-9-13(21-10(2)18-9)8-17-15-20-19-14(22-15)7-11-3-5-12(16)6-4-11/h3-6H,7-8H2,1-2H3,(H,17,20). The van der Waals surface area contributed by atoms with E-state index in [0.717, 1.165) is 38.8 Å². The highest BCUT2D eigenvalue weighted by Crippen LogP contribution is 2.22. The van der Waals surface area contributed by atoms with Crippen LogP contribution in [-0.2, 0) is 13.0 Å². The quantitative estimate of drug-likeness (QED) is 0.737. The molecular formula is C15H15ClN4S2. The third kappa shape index (κ3) is 3.82. The zero-order chi connectivity index (χ0) is 15.5. The first-order valence-electron chi connectivity index (χ1n) is 6.84. The van der Waals surface area contributed by atoms with Crippen molar-refractivity contribution in [1.82, 2.24) is 15.2 Å². The molecule has 0 fully saturated rings. The number of aromatic nitrogens is 3. The SMILES string of the molecule is Cc1nc(C)c(CNc2nnc(Cc3ccc(Cl)cc3)s2)s1. The van der Waals surface area contributed by atoms with E-state index in [1.165, 1.54) is 10.4 Å². The van der Waals surface area contributed by atoms with E-state index in [-0.39, 0.29) is 0 Å². The summed E-state index contributed by atoms with van der Waals surface area (Å²) >= 11 is 9.19. The normalized spacial score (nSPS) is 10.9. The summed E-state index contributed by atoms with van der Waals surface area (Å²) < 4.78 is 0. The molecule has 0 spiro atoms. The Morgan fingerprint density at radius 2 is 1.86 bits per heavy atom. The fraction of sp³-hybridized carbons (Fsp3) is 0.267. The van der Waals surface area contributed by atoms with Crippen molar-refractivity contribution in [3.05, 3.63) is 55.4 Å². The number of rotatable bonds is 5. The van der Waals surface area contributed by atoms with Crippen molar-refractivity contribution in [2.24, 2.45) is 0 Å². The van der Waals surface area contributed by atoms with Crippen LogP contribution in [-0.4, -0.2) is 15.2 Å². The van der Waals surface area contributed by atoms with Crippen LogP contribution in [0.25, 0.3) is 0 Å². The molecule has 0 amide bonds. The summed E-state index contributed by atoms with van der Waals surface area (Å²) in [5, 5.41) is 15.4. The molecule has 3 aromatic rings. The molecule has 0 saturated carbocycles. The van der Waals surface area contributed by atoms with Gasteiger partial charge in [0.05, 0.1) is 17.2 Å². The zero-order valence-electron chi connectivity index (χ0n) is 12.3. The largest absolute Gasteiger partial charge is 0.355 e. The highest BCUT2D eigenvalue weighted by atomic mass is 35.5. The number of benzene rings is 1. The molecule has 7 heteroatoms. The molecule has 1 aromatic carbocycles. The molecule has 0 aliphatic carbocycles. The summed E-state index contributed by atoms with van der Waals surface area (Å²) in [4.78, 5) is 5.67. The Kier molecular flexibility index (Phi) is 4.71. The van der Waals surface area contributed by atoms with E-state index >= 15 is 0 Å². The van der Waals surface area contributed by atoms with E-state index in [2.05, 4.69) is 20.5 Å². The summed E-state index contributed by atoms with van der Waals surface area (Å²) in [7, 11) is 0. The smallest absolute Gasteiger partial charge is 0.205 e. The second kappa shape index (κ2) is 6.73. The molecule has 0 atom stereocenters. The summed E-state index contributed by atoms with van der Waals surface area (Å²) in [6.07, 6.45) is 0.773. The van der Waals surface area contributed by atoms with E-state index in [1.54, 1.807) is 22.7 Å². The van der Waals surface area contributed by atoms with Crippen LogP contribution in [0.15, 0.2) is 24.3 Å². The number of hydrogen-bond acceptors (Lipinski definition) is 6. The van der Waals surface area contributed by atoms with Gasteiger partial charge >= 0.3 is 0 Å². The van der Waals surface area contributed by atoms with Crippen molar-refractivity contribution in [1.29, 1.82) is 0 Å². The fourth-order valence-corrected chi connectivity index (χ4v) is 3.84. The molecule has 0 saturated heterocycles. The van der Waals surface area contributed by atoms with Gasteiger partial charge in [-0.15, -0.1) is 21.5 Å². The minimum absolute atomic E-state index is 0.743. The molecule has 114 valence electrons. The molecule has 0 unspecified atom stereocenters. The Morgan fingerprint density at radius 3 is 2.55 bits per heavy atom. The van der Waals surface area contributed by atoms with E-state index in [9.17, 15) is 0 Å². The highest BCUT2D eigenvalue weighted by molar-refractivity contribution is 7.15. The Balaban J connectivity index is 1.61. The molecule has 0 bridgehead atoms. The Hall–Kier alpha value is -1.50. The number of thiazole rings is 1. The first kappa shape index (κ1) is 15.4. The lowest BCUT2D eigenvalue weighted by molar-refractivity contribution is 0.991. The molecule has 2 heterocycles. The average Bonchev–Trinajstić information content (AvgIpc) is 3.05. The van der Waals surface area contributed by atoms with E-state index < -0.39 is 0 Å². The van der Waals surface area contributed by atoms with Crippen LogP contribution in [0.2, 0.25) is 5.02 Å². The van der Waals surface area contributed by atoms with Gasteiger partial charge in [0, 0.05) is 16.3 Å². The maximum atomic E-state index is 5.89. The van der Waals surface area contributed by atoms with Crippen molar-refractivity contribution < 1.29 is 0 Å². The number of aryl methyl sites for hydroxylation is 2. The van der Waals surface area contributed by atoms with Gasteiger partial charge < -0.3 is 5.32 Å². The molecular weight excluding hydrogens is 336 g/mol. The maximum absolute atomic E-state index is 5.89. The maximum Gasteiger partial charge on any atom is 0.205 e. The molecule has 0 aliphatic heterocycles. The molecule has 3 rings (SSSR count). The third-order valence-corrected chi connectivity index (χ3v) is 5.34. The predicted octanol–water partition coefficient (Wildman–Crippen LogP) is 4.47. The zero-order valence-corrected chi connectivity index (χ0v) is 14.6. The van der Waals surface area contributed by atoms with Crippen molar-refractivity contribution in [2.45, 2.75) is 26.8 Å². The summed E-state index contributed by atoms with van der Waals surface area (Å²) in [5.41, 5.74) is 2.27. The van der Waals surface area contributed by atoms with E-state index in [0.29, 0.717) is 0 Å². The molecule has 0 aliphatic rings. The van der Waals surface area contributed by atoms with Crippen molar-refractivity contribution in [2.75, 3.05) is 5.32 Å².